The van der Waals surface area contributed by atoms with Crippen LogP contribution in [0.1, 0.15) is 16.2 Å². The van der Waals surface area contributed by atoms with Gasteiger partial charge in [-0.1, -0.05) is 16.8 Å². The molecule has 0 saturated carbocycles. The number of hydrogen-bond donors (Lipinski definition) is 1. The third kappa shape index (κ3) is 3.79. The summed E-state index contributed by atoms with van der Waals surface area (Å²) < 4.78 is 9.50. The Morgan fingerprint density at radius 2 is 2.25 bits per heavy atom. The van der Waals surface area contributed by atoms with E-state index in [9.17, 15) is 9.59 Å². The van der Waals surface area contributed by atoms with Crippen molar-refractivity contribution in [1.82, 2.24) is 10.1 Å². The first-order chi connectivity index (χ1) is 9.54. The topological polar surface area (TPSA) is 94.3 Å². The molecular weight excluding hydrogens is 286 g/mol. The summed E-state index contributed by atoms with van der Waals surface area (Å²) in [5.41, 5.74) is 0.0138. The van der Waals surface area contributed by atoms with Crippen LogP contribution in [0.15, 0.2) is 28.9 Å². The van der Waals surface area contributed by atoms with Gasteiger partial charge in [-0.25, -0.2) is 9.78 Å². The van der Waals surface area contributed by atoms with Crippen molar-refractivity contribution >= 4 is 29.3 Å². The third-order valence-electron chi connectivity index (χ3n) is 2.17. The summed E-state index contributed by atoms with van der Waals surface area (Å²) >= 11 is 5.66. The SMILES string of the molecule is Cc1cc(C(=O)OCC(=O)Nc2ccc(Cl)cn2)no1. The molecule has 0 saturated heterocycles. The predicted molar refractivity (Wildman–Crippen MR) is 69.4 cm³/mol. The molecule has 20 heavy (non-hydrogen) atoms. The van der Waals surface area contributed by atoms with Gasteiger partial charge in [-0.3, -0.25) is 4.79 Å². The second-order valence-electron chi connectivity index (χ2n) is 3.81. The van der Waals surface area contributed by atoms with E-state index in [2.05, 4.69) is 15.5 Å². The zero-order chi connectivity index (χ0) is 14.5. The fraction of sp³-hybridized carbons (Fsp3) is 0.167. The molecule has 0 fully saturated rings. The van der Waals surface area contributed by atoms with Crippen LogP contribution in [-0.4, -0.2) is 28.6 Å². The number of nitrogens with zero attached hydrogens (tertiary/aromatic N) is 2. The summed E-state index contributed by atoms with van der Waals surface area (Å²) in [7, 11) is 0. The Morgan fingerprint density at radius 3 is 2.85 bits per heavy atom. The van der Waals surface area contributed by atoms with Crippen molar-refractivity contribution in [3.8, 4) is 0 Å². The molecule has 0 spiro atoms. The molecule has 7 nitrogen and oxygen atoms in total. The number of pyridine rings is 1. The predicted octanol–water partition coefficient (Wildman–Crippen LogP) is 1.83. The number of halogens is 1. The van der Waals surface area contributed by atoms with Crippen LogP contribution in [0.2, 0.25) is 5.02 Å². The molecule has 0 radical (unpaired) electrons. The lowest BCUT2D eigenvalue weighted by atomic mass is 10.4. The van der Waals surface area contributed by atoms with Crippen molar-refractivity contribution in [3.05, 3.63) is 40.9 Å². The molecule has 0 aromatic carbocycles. The number of carbonyl (C=O) groups is 2. The minimum atomic E-state index is -0.735. The van der Waals surface area contributed by atoms with Crippen molar-refractivity contribution in [2.45, 2.75) is 6.92 Å². The number of hydrogen-bond acceptors (Lipinski definition) is 6. The molecule has 0 atom stereocenters. The second-order valence-corrected chi connectivity index (χ2v) is 4.25. The molecule has 1 amide bonds. The largest absolute Gasteiger partial charge is 0.451 e. The van der Waals surface area contributed by atoms with Gasteiger partial charge in [0.1, 0.15) is 11.6 Å². The van der Waals surface area contributed by atoms with E-state index >= 15 is 0 Å². The van der Waals surface area contributed by atoms with Crippen LogP contribution in [0.4, 0.5) is 5.82 Å². The summed E-state index contributed by atoms with van der Waals surface area (Å²) in [4.78, 5) is 26.9. The zero-order valence-corrected chi connectivity index (χ0v) is 11.2. The highest BCUT2D eigenvalue weighted by Crippen LogP contribution is 2.09. The second kappa shape index (κ2) is 6.16. The van der Waals surface area contributed by atoms with Gasteiger partial charge in [-0.15, -0.1) is 0 Å². The molecule has 0 aliphatic heterocycles. The smallest absolute Gasteiger partial charge is 0.361 e. The first-order valence-corrected chi connectivity index (χ1v) is 5.94. The van der Waals surface area contributed by atoms with E-state index in [-0.39, 0.29) is 5.69 Å². The lowest BCUT2D eigenvalue weighted by molar-refractivity contribution is -0.119. The van der Waals surface area contributed by atoms with Crippen molar-refractivity contribution < 1.29 is 18.8 Å². The minimum absolute atomic E-state index is 0.0138. The Labute approximate surface area is 118 Å². The van der Waals surface area contributed by atoms with E-state index < -0.39 is 18.5 Å². The summed E-state index contributed by atoms with van der Waals surface area (Å²) in [6, 6.07) is 4.53. The van der Waals surface area contributed by atoms with E-state index in [1.165, 1.54) is 18.3 Å². The number of ether oxygens (including phenoxy) is 1. The quantitative estimate of drug-likeness (QED) is 0.865. The van der Waals surface area contributed by atoms with Crippen molar-refractivity contribution in [2.24, 2.45) is 0 Å². The number of esters is 1. The maximum absolute atomic E-state index is 11.5. The number of aromatic nitrogens is 2. The fourth-order valence-corrected chi connectivity index (χ4v) is 1.41. The minimum Gasteiger partial charge on any atom is -0.451 e. The Morgan fingerprint density at radius 1 is 1.45 bits per heavy atom. The number of amides is 1. The van der Waals surface area contributed by atoms with Crippen LogP contribution >= 0.6 is 11.6 Å². The van der Waals surface area contributed by atoms with Gasteiger partial charge < -0.3 is 14.6 Å². The first kappa shape index (κ1) is 14.0. The van der Waals surface area contributed by atoms with Crippen molar-refractivity contribution in [1.29, 1.82) is 0 Å². The molecule has 2 aromatic heterocycles. The van der Waals surface area contributed by atoms with Crippen LogP contribution in [0.5, 0.6) is 0 Å². The van der Waals surface area contributed by atoms with Gasteiger partial charge in [0, 0.05) is 12.3 Å². The molecule has 0 aliphatic carbocycles. The molecular formula is C12H10ClN3O4. The zero-order valence-electron chi connectivity index (χ0n) is 10.4. The van der Waals surface area contributed by atoms with Gasteiger partial charge in [-0.05, 0) is 19.1 Å². The van der Waals surface area contributed by atoms with E-state index in [1.54, 1.807) is 13.0 Å². The van der Waals surface area contributed by atoms with Gasteiger partial charge >= 0.3 is 5.97 Å². The van der Waals surface area contributed by atoms with E-state index in [1.807, 2.05) is 0 Å². The fourth-order valence-electron chi connectivity index (χ4n) is 1.30. The summed E-state index contributed by atoms with van der Waals surface area (Å²) in [6.45, 7) is 1.19. The molecule has 0 unspecified atom stereocenters. The van der Waals surface area contributed by atoms with Gasteiger partial charge in [0.25, 0.3) is 5.91 Å². The lowest BCUT2D eigenvalue weighted by Crippen LogP contribution is -2.21. The van der Waals surface area contributed by atoms with Gasteiger partial charge in [0.15, 0.2) is 12.3 Å². The first-order valence-electron chi connectivity index (χ1n) is 5.56. The molecule has 0 aliphatic rings. The van der Waals surface area contributed by atoms with E-state index in [0.717, 1.165) is 0 Å². The molecule has 104 valence electrons. The highest BCUT2D eigenvalue weighted by molar-refractivity contribution is 6.30. The van der Waals surface area contributed by atoms with Gasteiger partial charge in [0.2, 0.25) is 0 Å². The molecule has 2 rings (SSSR count). The summed E-state index contributed by atoms with van der Waals surface area (Å²) in [5, 5.41) is 6.38. The van der Waals surface area contributed by atoms with E-state index in [0.29, 0.717) is 16.6 Å². The average Bonchev–Trinajstić information content (AvgIpc) is 2.85. The number of rotatable bonds is 4. The van der Waals surface area contributed by atoms with Crippen molar-refractivity contribution in [2.75, 3.05) is 11.9 Å². The van der Waals surface area contributed by atoms with Crippen LogP contribution in [-0.2, 0) is 9.53 Å². The molecule has 2 heterocycles. The monoisotopic (exact) mass is 295 g/mol. The molecule has 8 heteroatoms. The normalized spacial score (nSPS) is 10.1. The van der Waals surface area contributed by atoms with E-state index in [4.69, 9.17) is 20.9 Å². The summed E-state index contributed by atoms with van der Waals surface area (Å²) in [6.07, 6.45) is 1.39. The Bertz CT molecular complexity index is 624. The van der Waals surface area contributed by atoms with Gasteiger partial charge in [0.05, 0.1) is 5.02 Å². The van der Waals surface area contributed by atoms with Crippen molar-refractivity contribution in [3.63, 3.8) is 0 Å². The lowest BCUT2D eigenvalue weighted by Gasteiger charge is -2.04. The molecule has 0 bridgehead atoms. The summed E-state index contributed by atoms with van der Waals surface area (Å²) in [5.74, 6) is -0.464. The Kier molecular flexibility index (Phi) is 4.31. The third-order valence-corrected chi connectivity index (χ3v) is 2.39. The van der Waals surface area contributed by atoms with Crippen LogP contribution < -0.4 is 5.32 Å². The number of aryl methyl sites for hydroxylation is 1. The van der Waals surface area contributed by atoms with Crippen LogP contribution in [0.25, 0.3) is 0 Å². The van der Waals surface area contributed by atoms with Crippen LogP contribution in [0.3, 0.4) is 0 Å². The Balaban J connectivity index is 1.83. The molecule has 2 aromatic rings. The standard InChI is InChI=1S/C12H10ClN3O4/c1-7-4-9(16-20-7)12(18)19-6-11(17)15-10-3-2-8(13)5-14-10/h2-5H,6H2,1H3,(H,14,15,17). The van der Waals surface area contributed by atoms with Gasteiger partial charge in [-0.2, -0.15) is 0 Å². The highest BCUT2D eigenvalue weighted by atomic mass is 35.5. The number of carbonyl (C=O) groups excluding carboxylic acids is 2. The Hall–Kier alpha value is -2.41. The maximum atomic E-state index is 11.5. The number of anilines is 1. The average molecular weight is 296 g/mol. The molecule has 1 N–H and O–H groups in total. The van der Waals surface area contributed by atoms with Crippen LogP contribution in [0, 0.1) is 6.92 Å². The maximum Gasteiger partial charge on any atom is 0.361 e. The highest BCUT2D eigenvalue weighted by Gasteiger charge is 2.14. The number of nitrogens with one attached hydrogen (secondary N) is 1.